The van der Waals surface area contributed by atoms with Crippen LogP contribution in [0.3, 0.4) is 0 Å². The Morgan fingerprint density at radius 1 is 1.00 bits per heavy atom. The monoisotopic (exact) mass is 432 g/mol. The van der Waals surface area contributed by atoms with Crippen molar-refractivity contribution in [3.63, 3.8) is 0 Å². The van der Waals surface area contributed by atoms with E-state index in [1.165, 1.54) is 35.6 Å². The Balaban J connectivity index is 2.15. The molecule has 0 radical (unpaired) electrons. The summed E-state index contributed by atoms with van der Waals surface area (Å²) in [5, 5.41) is 27.0. The molecule has 0 fully saturated rings. The van der Waals surface area contributed by atoms with Crippen molar-refractivity contribution in [2.24, 2.45) is 5.92 Å². The van der Waals surface area contributed by atoms with Crippen molar-refractivity contribution >= 4 is 40.8 Å². The van der Waals surface area contributed by atoms with E-state index in [1.807, 2.05) is 13.8 Å². The fraction of sp³-hybridized carbons (Fsp3) is 0.333. The van der Waals surface area contributed by atoms with Crippen molar-refractivity contribution in [3.8, 4) is 0 Å². The third kappa shape index (κ3) is 6.70. The average molecular weight is 432 g/mol. The minimum absolute atomic E-state index is 0.0901. The van der Waals surface area contributed by atoms with Gasteiger partial charge >= 0.3 is 11.9 Å². The summed E-state index contributed by atoms with van der Waals surface area (Å²) in [5.41, 5.74) is 1.08. The van der Waals surface area contributed by atoms with Crippen LogP contribution in [0.15, 0.2) is 41.1 Å². The first kappa shape index (κ1) is 23.1. The fourth-order valence-corrected chi connectivity index (χ4v) is 3.62. The number of carbonyl (C=O) groups is 4. The summed E-state index contributed by atoms with van der Waals surface area (Å²) < 4.78 is 0. The highest BCUT2D eigenvalue weighted by Gasteiger charge is 2.29. The van der Waals surface area contributed by atoms with Gasteiger partial charge in [0.2, 0.25) is 11.8 Å². The quantitative estimate of drug-likeness (QED) is 0.456. The lowest BCUT2D eigenvalue weighted by Gasteiger charge is -2.23. The maximum Gasteiger partial charge on any atom is 0.335 e. The standard InChI is InChI=1S/C21H24N2O6S/c1-12(2)9-17(20(27)22-15-5-3-13(4-6-15)21(28)29)23-19(26)16(10-18(24)25)14-7-8-30-11-14/h3-8,11-12,16-17H,9-10H2,1-2H3,(H,22,27)(H,23,26)(H,24,25)(H,28,29). The molecule has 8 nitrogen and oxygen atoms in total. The molecule has 4 N–H and O–H groups in total. The number of aliphatic carboxylic acids is 1. The van der Waals surface area contributed by atoms with Crippen LogP contribution in [0.2, 0.25) is 0 Å². The number of carbonyl (C=O) groups excluding carboxylic acids is 2. The molecular formula is C21H24N2O6S. The summed E-state index contributed by atoms with van der Waals surface area (Å²) in [5.74, 6) is -3.97. The predicted molar refractivity (Wildman–Crippen MR) is 113 cm³/mol. The molecule has 30 heavy (non-hydrogen) atoms. The summed E-state index contributed by atoms with van der Waals surface area (Å²) in [6.45, 7) is 3.81. The van der Waals surface area contributed by atoms with Gasteiger partial charge in [-0.05, 0) is 59.0 Å². The lowest BCUT2D eigenvalue weighted by atomic mass is 9.96. The van der Waals surface area contributed by atoms with Crippen molar-refractivity contribution in [2.45, 2.75) is 38.6 Å². The molecule has 2 unspecified atom stereocenters. The number of amides is 2. The third-order valence-electron chi connectivity index (χ3n) is 4.38. The first-order valence-electron chi connectivity index (χ1n) is 9.35. The van der Waals surface area contributed by atoms with Gasteiger partial charge in [-0.2, -0.15) is 11.3 Å². The van der Waals surface area contributed by atoms with Gasteiger partial charge in [-0.1, -0.05) is 13.8 Å². The zero-order valence-electron chi connectivity index (χ0n) is 16.6. The van der Waals surface area contributed by atoms with Crippen LogP contribution in [-0.4, -0.2) is 40.0 Å². The molecular weight excluding hydrogens is 408 g/mol. The molecule has 2 atom stereocenters. The van der Waals surface area contributed by atoms with Crippen LogP contribution < -0.4 is 10.6 Å². The highest BCUT2D eigenvalue weighted by atomic mass is 32.1. The maximum absolute atomic E-state index is 12.8. The minimum atomic E-state index is -1.11. The van der Waals surface area contributed by atoms with E-state index in [1.54, 1.807) is 16.8 Å². The van der Waals surface area contributed by atoms with Crippen molar-refractivity contribution < 1.29 is 29.4 Å². The lowest BCUT2D eigenvalue weighted by Crippen LogP contribution is -2.46. The van der Waals surface area contributed by atoms with Crippen molar-refractivity contribution in [3.05, 3.63) is 52.2 Å². The largest absolute Gasteiger partial charge is 0.481 e. The molecule has 1 aromatic carbocycles. The van der Waals surface area contributed by atoms with E-state index in [0.717, 1.165) is 0 Å². The second-order valence-corrected chi connectivity index (χ2v) is 8.05. The molecule has 0 saturated heterocycles. The van der Waals surface area contributed by atoms with Gasteiger partial charge in [-0.3, -0.25) is 14.4 Å². The number of carboxylic acids is 2. The van der Waals surface area contributed by atoms with Gasteiger partial charge in [-0.15, -0.1) is 0 Å². The molecule has 0 spiro atoms. The highest BCUT2D eigenvalue weighted by Crippen LogP contribution is 2.23. The van der Waals surface area contributed by atoms with E-state index in [-0.39, 0.29) is 17.9 Å². The molecule has 2 rings (SSSR count). The van der Waals surface area contributed by atoms with Crippen LogP contribution in [-0.2, 0) is 14.4 Å². The maximum atomic E-state index is 12.8. The Morgan fingerprint density at radius 2 is 1.67 bits per heavy atom. The number of hydrogen-bond donors (Lipinski definition) is 4. The van der Waals surface area contributed by atoms with Crippen molar-refractivity contribution in [2.75, 3.05) is 5.32 Å². The Kier molecular flexibility index (Phi) is 8.11. The Morgan fingerprint density at radius 3 is 2.17 bits per heavy atom. The minimum Gasteiger partial charge on any atom is -0.481 e. The number of benzene rings is 1. The number of rotatable bonds is 10. The van der Waals surface area contributed by atoms with E-state index in [2.05, 4.69) is 10.6 Å². The van der Waals surface area contributed by atoms with Gasteiger partial charge in [0.05, 0.1) is 17.9 Å². The molecule has 2 amide bonds. The summed E-state index contributed by atoms with van der Waals surface area (Å²) in [7, 11) is 0. The zero-order chi connectivity index (χ0) is 22.3. The number of hydrogen-bond acceptors (Lipinski definition) is 5. The zero-order valence-corrected chi connectivity index (χ0v) is 17.4. The normalized spacial score (nSPS) is 12.8. The molecule has 0 saturated carbocycles. The summed E-state index contributed by atoms with van der Waals surface area (Å²) >= 11 is 1.36. The number of thiophene rings is 1. The molecule has 1 aromatic heterocycles. The fourth-order valence-electron chi connectivity index (χ4n) is 2.91. The van der Waals surface area contributed by atoms with Crippen molar-refractivity contribution in [1.82, 2.24) is 5.32 Å². The van der Waals surface area contributed by atoms with Gasteiger partial charge in [0.25, 0.3) is 0 Å². The first-order chi connectivity index (χ1) is 14.2. The second kappa shape index (κ2) is 10.5. The first-order valence-corrected chi connectivity index (χ1v) is 10.3. The molecule has 160 valence electrons. The van der Waals surface area contributed by atoms with Crippen LogP contribution in [0.5, 0.6) is 0 Å². The highest BCUT2D eigenvalue weighted by molar-refractivity contribution is 7.08. The third-order valence-corrected chi connectivity index (χ3v) is 5.08. The number of nitrogens with one attached hydrogen (secondary N) is 2. The molecule has 9 heteroatoms. The van der Waals surface area contributed by atoms with E-state index >= 15 is 0 Å². The van der Waals surface area contributed by atoms with Gasteiger partial charge in [0.1, 0.15) is 6.04 Å². The lowest BCUT2D eigenvalue weighted by molar-refractivity contribution is -0.139. The molecule has 2 aromatic rings. The van der Waals surface area contributed by atoms with Crippen LogP contribution in [0.25, 0.3) is 0 Å². The topological polar surface area (TPSA) is 133 Å². The molecule has 0 aliphatic heterocycles. The van der Waals surface area contributed by atoms with Gasteiger partial charge < -0.3 is 20.8 Å². The smallest absolute Gasteiger partial charge is 0.335 e. The van der Waals surface area contributed by atoms with E-state index in [0.29, 0.717) is 17.7 Å². The SMILES string of the molecule is CC(C)CC(NC(=O)C(CC(=O)O)c1ccsc1)C(=O)Nc1ccc(C(=O)O)cc1. The summed E-state index contributed by atoms with van der Waals surface area (Å²) in [4.78, 5) is 47.8. The van der Waals surface area contributed by atoms with E-state index in [4.69, 9.17) is 5.11 Å². The number of aromatic carboxylic acids is 1. The van der Waals surface area contributed by atoms with Crippen LogP contribution in [0.1, 0.15) is 48.5 Å². The van der Waals surface area contributed by atoms with E-state index in [9.17, 15) is 24.3 Å². The molecule has 0 aliphatic carbocycles. The van der Waals surface area contributed by atoms with Gasteiger partial charge in [0.15, 0.2) is 0 Å². The Bertz CT molecular complexity index is 893. The molecule has 0 aliphatic rings. The summed E-state index contributed by atoms with van der Waals surface area (Å²) in [6, 6.07) is 6.49. The Hall–Kier alpha value is -3.20. The molecule has 1 heterocycles. The van der Waals surface area contributed by atoms with Crippen molar-refractivity contribution in [1.29, 1.82) is 0 Å². The van der Waals surface area contributed by atoms with Crippen LogP contribution in [0.4, 0.5) is 5.69 Å². The molecule has 0 bridgehead atoms. The van der Waals surface area contributed by atoms with Gasteiger partial charge in [0, 0.05) is 5.69 Å². The predicted octanol–water partition coefficient (Wildman–Crippen LogP) is 3.17. The summed E-state index contributed by atoms with van der Waals surface area (Å²) in [6.07, 6.45) is -0.0244. The van der Waals surface area contributed by atoms with E-state index < -0.39 is 35.7 Å². The number of anilines is 1. The van der Waals surface area contributed by atoms with Gasteiger partial charge in [-0.25, -0.2) is 4.79 Å². The van der Waals surface area contributed by atoms with Crippen LogP contribution in [0, 0.1) is 5.92 Å². The van der Waals surface area contributed by atoms with Crippen LogP contribution >= 0.6 is 11.3 Å². The number of carboxylic acid groups (broad SMARTS) is 2. The average Bonchev–Trinajstić information content (AvgIpc) is 3.19. The second-order valence-electron chi connectivity index (χ2n) is 7.27. The Labute approximate surface area is 177 Å².